The molecule has 3 nitrogen and oxygen atoms in total. The van der Waals surface area contributed by atoms with Crippen molar-refractivity contribution in [3.63, 3.8) is 0 Å². The summed E-state index contributed by atoms with van der Waals surface area (Å²) < 4.78 is 5.00. The van der Waals surface area contributed by atoms with Crippen molar-refractivity contribution in [3.05, 3.63) is 30.1 Å². The zero-order chi connectivity index (χ0) is 12.8. The van der Waals surface area contributed by atoms with Crippen molar-refractivity contribution in [2.24, 2.45) is 5.92 Å². The maximum atomic E-state index is 11.4. The van der Waals surface area contributed by atoms with Crippen LogP contribution in [0.5, 0.6) is 0 Å². The molecule has 1 fully saturated rings. The zero-order valence-corrected chi connectivity index (χ0v) is 11.0. The number of ether oxygens (including phenoxy) is 1. The van der Waals surface area contributed by atoms with Crippen LogP contribution in [0, 0.1) is 5.92 Å². The maximum Gasteiger partial charge on any atom is 0.306 e. The molecule has 1 aliphatic rings. The van der Waals surface area contributed by atoms with Crippen LogP contribution in [0.3, 0.4) is 0 Å². The van der Waals surface area contributed by atoms with E-state index in [1.54, 1.807) is 0 Å². The molecule has 0 spiro atoms. The maximum absolute atomic E-state index is 11.4. The molecule has 2 rings (SSSR count). The Bertz CT molecular complexity index is 369. The number of carbonyl (C=O) groups is 1. The van der Waals surface area contributed by atoms with Gasteiger partial charge in [-0.3, -0.25) is 9.78 Å². The van der Waals surface area contributed by atoms with Gasteiger partial charge in [0, 0.05) is 24.2 Å². The average molecular weight is 247 g/mol. The molecule has 1 aliphatic carbocycles. The highest BCUT2D eigenvalue weighted by molar-refractivity contribution is 5.69. The second-order valence-electron chi connectivity index (χ2n) is 4.98. The molecule has 1 aromatic heterocycles. The van der Waals surface area contributed by atoms with Crippen LogP contribution in [0.2, 0.25) is 0 Å². The van der Waals surface area contributed by atoms with E-state index in [9.17, 15) is 4.79 Å². The number of aromatic nitrogens is 1. The third kappa shape index (κ3) is 3.56. The van der Waals surface area contributed by atoms with E-state index in [-0.39, 0.29) is 5.97 Å². The molecule has 18 heavy (non-hydrogen) atoms. The smallest absolute Gasteiger partial charge is 0.306 e. The first-order chi connectivity index (χ1) is 8.79. The van der Waals surface area contributed by atoms with Crippen LogP contribution in [0.25, 0.3) is 0 Å². The number of pyridine rings is 1. The summed E-state index contributed by atoms with van der Waals surface area (Å²) in [6, 6.07) is 6.11. The van der Waals surface area contributed by atoms with Crippen molar-refractivity contribution >= 4 is 5.97 Å². The monoisotopic (exact) mass is 247 g/mol. The van der Waals surface area contributed by atoms with Gasteiger partial charge in [0.15, 0.2) is 0 Å². The normalized spacial score (nSPS) is 23.6. The highest BCUT2D eigenvalue weighted by Gasteiger charge is 2.24. The Kier molecular flexibility index (Phi) is 4.73. The van der Waals surface area contributed by atoms with Crippen LogP contribution >= 0.6 is 0 Å². The van der Waals surface area contributed by atoms with Gasteiger partial charge in [-0.15, -0.1) is 0 Å². The van der Waals surface area contributed by atoms with Crippen LogP contribution < -0.4 is 0 Å². The van der Waals surface area contributed by atoms with E-state index < -0.39 is 0 Å². The summed E-state index contributed by atoms with van der Waals surface area (Å²) in [5.74, 6) is 1.03. The van der Waals surface area contributed by atoms with Crippen molar-refractivity contribution in [1.29, 1.82) is 0 Å². The minimum absolute atomic E-state index is 0.0428. The van der Waals surface area contributed by atoms with E-state index in [1.165, 1.54) is 5.69 Å². The van der Waals surface area contributed by atoms with Gasteiger partial charge in [0.1, 0.15) is 0 Å². The minimum Gasteiger partial charge on any atom is -0.466 e. The molecule has 0 amide bonds. The minimum atomic E-state index is -0.0428. The van der Waals surface area contributed by atoms with Crippen molar-refractivity contribution < 1.29 is 9.53 Å². The lowest BCUT2D eigenvalue weighted by molar-refractivity contribution is -0.144. The highest BCUT2D eigenvalue weighted by atomic mass is 16.5. The first-order valence-corrected chi connectivity index (χ1v) is 6.86. The molecule has 1 heterocycles. The summed E-state index contributed by atoms with van der Waals surface area (Å²) in [7, 11) is 0. The SMILES string of the molecule is CCOC(=O)CC1CCC(c2ccccn2)CC1. The largest absolute Gasteiger partial charge is 0.466 e. The molecule has 98 valence electrons. The third-order valence-corrected chi connectivity index (χ3v) is 3.71. The van der Waals surface area contributed by atoms with E-state index in [2.05, 4.69) is 11.1 Å². The molecular formula is C15H21NO2. The molecule has 3 heteroatoms. The molecule has 1 saturated carbocycles. The fourth-order valence-electron chi connectivity index (χ4n) is 2.74. The molecule has 0 saturated heterocycles. The van der Waals surface area contributed by atoms with Crippen molar-refractivity contribution in [3.8, 4) is 0 Å². The fraction of sp³-hybridized carbons (Fsp3) is 0.600. The molecule has 0 radical (unpaired) electrons. The van der Waals surface area contributed by atoms with Crippen molar-refractivity contribution in [2.75, 3.05) is 6.61 Å². The summed E-state index contributed by atoms with van der Waals surface area (Å²) in [4.78, 5) is 15.9. The van der Waals surface area contributed by atoms with Gasteiger partial charge < -0.3 is 4.74 Å². The molecule has 0 bridgehead atoms. The van der Waals surface area contributed by atoms with Gasteiger partial charge >= 0.3 is 5.97 Å². The second kappa shape index (κ2) is 6.53. The lowest BCUT2D eigenvalue weighted by atomic mass is 9.79. The van der Waals surface area contributed by atoms with Gasteiger partial charge in [-0.05, 0) is 50.7 Å². The summed E-state index contributed by atoms with van der Waals surface area (Å²) in [6.07, 6.45) is 6.95. The van der Waals surface area contributed by atoms with Crippen LogP contribution in [-0.2, 0) is 9.53 Å². The van der Waals surface area contributed by atoms with Gasteiger partial charge in [0.25, 0.3) is 0 Å². The van der Waals surface area contributed by atoms with Gasteiger partial charge in [0.05, 0.1) is 6.61 Å². The zero-order valence-electron chi connectivity index (χ0n) is 11.0. The molecule has 1 aromatic rings. The quantitative estimate of drug-likeness (QED) is 0.766. The fourth-order valence-corrected chi connectivity index (χ4v) is 2.74. The lowest BCUT2D eigenvalue weighted by Crippen LogP contribution is -2.18. The Hall–Kier alpha value is -1.38. The van der Waals surface area contributed by atoms with E-state index in [4.69, 9.17) is 4.74 Å². The third-order valence-electron chi connectivity index (χ3n) is 3.71. The number of rotatable bonds is 4. The predicted octanol–water partition coefficient (Wildman–Crippen LogP) is 3.31. The molecule has 0 unspecified atom stereocenters. The van der Waals surface area contributed by atoms with Crippen LogP contribution in [0.4, 0.5) is 0 Å². The number of hydrogen-bond donors (Lipinski definition) is 0. The van der Waals surface area contributed by atoms with Gasteiger partial charge in [-0.2, -0.15) is 0 Å². The highest BCUT2D eigenvalue weighted by Crippen LogP contribution is 2.36. The molecule has 0 aromatic carbocycles. The molecular weight excluding hydrogens is 226 g/mol. The number of nitrogens with zero attached hydrogens (tertiary/aromatic N) is 1. The Morgan fingerprint density at radius 3 is 2.72 bits per heavy atom. The van der Waals surface area contributed by atoms with Gasteiger partial charge in [-0.1, -0.05) is 6.07 Å². The Labute approximate surface area is 109 Å². The summed E-state index contributed by atoms with van der Waals surface area (Å²) in [5.41, 5.74) is 1.20. The Balaban J connectivity index is 1.80. The van der Waals surface area contributed by atoms with Crippen LogP contribution in [0.1, 0.15) is 50.6 Å². The van der Waals surface area contributed by atoms with E-state index in [0.29, 0.717) is 24.9 Å². The lowest BCUT2D eigenvalue weighted by Gasteiger charge is -2.27. The van der Waals surface area contributed by atoms with Crippen molar-refractivity contribution in [1.82, 2.24) is 4.98 Å². The van der Waals surface area contributed by atoms with Gasteiger partial charge in [-0.25, -0.2) is 0 Å². The Morgan fingerprint density at radius 2 is 2.11 bits per heavy atom. The molecule has 0 N–H and O–H groups in total. The summed E-state index contributed by atoms with van der Waals surface area (Å²) in [6.45, 7) is 2.35. The first-order valence-electron chi connectivity index (χ1n) is 6.86. The number of carbonyl (C=O) groups excluding carboxylic acids is 1. The van der Waals surface area contributed by atoms with Crippen LogP contribution in [-0.4, -0.2) is 17.6 Å². The van der Waals surface area contributed by atoms with E-state index >= 15 is 0 Å². The topological polar surface area (TPSA) is 39.2 Å². The molecule has 0 atom stereocenters. The second-order valence-corrected chi connectivity index (χ2v) is 4.98. The predicted molar refractivity (Wildman–Crippen MR) is 70.2 cm³/mol. The summed E-state index contributed by atoms with van der Waals surface area (Å²) >= 11 is 0. The number of hydrogen-bond acceptors (Lipinski definition) is 3. The first kappa shape index (κ1) is 13.1. The van der Waals surface area contributed by atoms with Gasteiger partial charge in [0.2, 0.25) is 0 Å². The van der Waals surface area contributed by atoms with E-state index in [1.807, 2.05) is 25.3 Å². The average Bonchev–Trinajstić information content (AvgIpc) is 2.41. The standard InChI is InChI=1S/C15H21NO2/c1-2-18-15(17)11-12-6-8-13(9-7-12)14-5-3-4-10-16-14/h3-5,10,12-13H,2,6-9,11H2,1H3. The Morgan fingerprint density at radius 1 is 1.33 bits per heavy atom. The van der Waals surface area contributed by atoms with Crippen molar-refractivity contribution in [2.45, 2.75) is 44.9 Å². The number of esters is 1. The summed E-state index contributed by atoms with van der Waals surface area (Å²) in [5, 5.41) is 0. The molecule has 0 aliphatic heterocycles. The van der Waals surface area contributed by atoms with E-state index in [0.717, 1.165) is 25.7 Å². The van der Waals surface area contributed by atoms with Crippen LogP contribution in [0.15, 0.2) is 24.4 Å².